The molecule has 0 saturated heterocycles. The summed E-state index contributed by atoms with van der Waals surface area (Å²) in [4.78, 5) is 0. The zero-order valence-electron chi connectivity index (χ0n) is 6.26. The normalized spacial score (nSPS) is 21.7. The van der Waals surface area contributed by atoms with Crippen molar-refractivity contribution in [1.82, 2.24) is 0 Å². The van der Waals surface area contributed by atoms with Gasteiger partial charge in [-0.15, -0.1) is 0 Å². The largest absolute Gasteiger partial charge is 0.228 e. The van der Waals surface area contributed by atoms with E-state index in [-0.39, 0.29) is 5.75 Å². The van der Waals surface area contributed by atoms with Crippen LogP contribution in [0.5, 0.6) is 0 Å². The van der Waals surface area contributed by atoms with Crippen molar-refractivity contribution in [3.05, 3.63) is 5.25 Å². The van der Waals surface area contributed by atoms with Gasteiger partial charge >= 0.3 is 0 Å². The molecule has 1 radical (unpaired) electrons. The lowest BCUT2D eigenvalue weighted by atomic mass is 10.4. The molecule has 59 valence electrons. The highest BCUT2D eigenvalue weighted by atomic mass is 32.2. The van der Waals surface area contributed by atoms with Gasteiger partial charge in [0.15, 0.2) is 9.84 Å². The monoisotopic (exact) mass is 161 g/mol. The summed E-state index contributed by atoms with van der Waals surface area (Å²) in [6, 6.07) is 0. The third kappa shape index (κ3) is 1.51. The first kappa shape index (κ1) is 8.05. The third-order valence-corrected chi connectivity index (χ3v) is 4.03. The summed E-state index contributed by atoms with van der Waals surface area (Å²) >= 11 is 0. The predicted molar refractivity (Wildman–Crippen MR) is 41.2 cm³/mol. The molecule has 0 spiro atoms. The fraction of sp³-hybridized carbons (Fsp3) is 0.857. The molecule has 1 fully saturated rings. The third-order valence-electron chi connectivity index (χ3n) is 1.98. The summed E-state index contributed by atoms with van der Waals surface area (Å²) in [6.07, 6.45) is 3.76. The molecular formula is C7H13O2S. The number of hydrogen-bond acceptors (Lipinski definition) is 2. The van der Waals surface area contributed by atoms with Gasteiger partial charge in [-0.25, -0.2) is 8.42 Å². The average Bonchev–Trinajstić information content (AvgIpc) is 2.38. The minimum atomic E-state index is -2.78. The van der Waals surface area contributed by atoms with Crippen molar-refractivity contribution in [2.24, 2.45) is 0 Å². The molecule has 0 bridgehead atoms. The van der Waals surface area contributed by atoms with Gasteiger partial charge in [0, 0.05) is 5.75 Å². The molecule has 3 heteroatoms. The van der Waals surface area contributed by atoms with E-state index in [2.05, 4.69) is 0 Å². The van der Waals surface area contributed by atoms with Crippen LogP contribution in [0.2, 0.25) is 0 Å². The van der Waals surface area contributed by atoms with Crippen LogP contribution in [0, 0.1) is 5.25 Å². The summed E-state index contributed by atoms with van der Waals surface area (Å²) in [6.45, 7) is 1.71. The summed E-state index contributed by atoms with van der Waals surface area (Å²) in [5.41, 5.74) is 0. The van der Waals surface area contributed by atoms with Crippen molar-refractivity contribution >= 4 is 9.84 Å². The van der Waals surface area contributed by atoms with Crippen molar-refractivity contribution < 1.29 is 8.42 Å². The summed E-state index contributed by atoms with van der Waals surface area (Å²) in [7, 11) is -2.78. The molecule has 0 amide bonds. The van der Waals surface area contributed by atoms with Gasteiger partial charge in [-0.2, -0.15) is 0 Å². The molecule has 0 unspecified atom stereocenters. The summed E-state index contributed by atoms with van der Waals surface area (Å²) in [5.74, 6) is 0.280. The molecule has 0 aromatic rings. The van der Waals surface area contributed by atoms with E-state index in [1.165, 1.54) is 0 Å². The van der Waals surface area contributed by atoms with Gasteiger partial charge in [-0.3, -0.25) is 0 Å². The Morgan fingerprint density at radius 1 is 1.30 bits per heavy atom. The summed E-state index contributed by atoms with van der Waals surface area (Å²) in [5, 5.41) is 0.787. The van der Waals surface area contributed by atoms with Crippen molar-refractivity contribution in [3.8, 4) is 0 Å². The van der Waals surface area contributed by atoms with E-state index in [1.54, 1.807) is 6.92 Å². The first-order chi connectivity index (χ1) is 4.67. The predicted octanol–water partition coefficient (Wildman–Crippen LogP) is 1.53. The molecule has 0 aliphatic heterocycles. The van der Waals surface area contributed by atoms with Gasteiger partial charge in [0.05, 0.1) is 5.25 Å². The maximum Gasteiger partial charge on any atom is 0.157 e. The lowest BCUT2D eigenvalue weighted by molar-refractivity contribution is 0.594. The standard InChI is InChI=1S/C7H13O2S/c1-2-10(8,9)7-5-3-4-6-7/h2-6H2,1H3. The van der Waals surface area contributed by atoms with Crippen LogP contribution in [0.15, 0.2) is 0 Å². The van der Waals surface area contributed by atoms with Gasteiger partial charge in [0.2, 0.25) is 0 Å². The summed E-state index contributed by atoms with van der Waals surface area (Å²) < 4.78 is 22.3. The maximum absolute atomic E-state index is 11.2. The van der Waals surface area contributed by atoms with E-state index in [1.807, 2.05) is 0 Å². The topological polar surface area (TPSA) is 34.1 Å². The fourth-order valence-electron chi connectivity index (χ4n) is 1.28. The molecule has 0 aromatic carbocycles. The quantitative estimate of drug-likeness (QED) is 0.615. The van der Waals surface area contributed by atoms with Crippen LogP contribution in [0.3, 0.4) is 0 Å². The minimum Gasteiger partial charge on any atom is -0.228 e. The van der Waals surface area contributed by atoms with Gasteiger partial charge < -0.3 is 0 Å². The number of hydrogen-bond donors (Lipinski definition) is 0. The van der Waals surface area contributed by atoms with E-state index in [0.29, 0.717) is 0 Å². The van der Waals surface area contributed by atoms with Gasteiger partial charge in [0.1, 0.15) is 0 Å². The Hall–Kier alpha value is -0.0500. The number of sulfone groups is 1. The Balaban J connectivity index is 2.63. The van der Waals surface area contributed by atoms with Crippen LogP contribution >= 0.6 is 0 Å². The van der Waals surface area contributed by atoms with Crippen molar-refractivity contribution in [1.29, 1.82) is 0 Å². The van der Waals surface area contributed by atoms with Crippen molar-refractivity contribution in [2.45, 2.75) is 32.6 Å². The average molecular weight is 161 g/mol. The van der Waals surface area contributed by atoms with Crippen LogP contribution in [-0.4, -0.2) is 14.2 Å². The van der Waals surface area contributed by atoms with Crippen LogP contribution in [0.1, 0.15) is 32.6 Å². The highest BCUT2D eigenvalue weighted by Gasteiger charge is 2.27. The van der Waals surface area contributed by atoms with E-state index in [0.717, 1.165) is 30.9 Å². The first-order valence-corrected chi connectivity index (χ1v) is 5.39. The fourth-order valence-corrected chi connectivity index (χ4v) is 2.60. The SMILES string of the molecule is CCS(=O)(=O)[C]1CCCC1. The maximum atomic E-state index is 11.2. The molecule has 0 N–H and O–H groups in total. The first-order valence-electron chi connectivity index (χ1n) is 3.74. The Labute approximate surface area is 62.5 Å². The Morgan fingerprint density at radius 3 is 2.20 bits per heavy atom. The molecule has 1 aliphatic rings. The molecule has 1 rings (SSSR count). The number of rotatable bonds is 2. The molecule has 1 saturated carbocycles. The van der Waals surface area contributed by atoms with Crippen molar-refractivity contribution in [3.63, 3.8) is 0 Å². The molecule has 10 heavy (non-hydrogen) atoms. The zero-order valence-corrected chi connectivity index (χ0v) is 7.08. The van der Waals surface area contributed by atoms with E-state index in [4.69, 9.17) is 0 Å². The molecule has 0 atom stereocenters. The molecular weight excluding hydrogens is 148 g/mol. The second-order valence-corrected chi connectivity index (χ2v) is 5.03. The van der Waals surface area contributed by atoms with E-state index in [9.17, 15) is 8.42 Å². The Morgan fingerprint density at radius 2 is 1.80 bits per heavy atom. The molecule has 2 nitrogen and oxygen atoms in total. The van der Waals surface area contributed by atoms with Crippen LogP contribution in [-0.2, 0) is 9.84 Å². The van der Waals surface area contributed by atoms with E-state index < -0.39 is 9.84 Å². The zero-order chi connectivity index (χ0) is 7.61. The van der Waals surface area contributed by atoms with Gasteiger partial charge in [-0.05, 0) is 12.8 Å². The smallest absolute Gasteiger partial charge is 0.157 e. The molecule has 0 aromatic heterocycles. The lowest BCUT2D eigenvalue weighted by Crippen LogP contribution is -2.11. The molecule has 1 aliphatic carbocycles. The lowest BCUT2D eigenvalue weighted by Gasteiger charge is -2.05. The van der Waals surface area contributed by atoms with Crippen LogP contribution in [0.25, 0.3) is 0 Å². The van der Waals surface area contributed by atoms with Crippen LogP contribution in [0.4, 0.5) is 0 Å². The second kappa shape index (κ2) is 2.91. The Bertz CT molecular complexity index is 188. The van der Waals surface area contributed by atoms with Crippen molar-refractivity contribution in [2.75, 3.05) is 5.75 Å². The minimum absolute atomic E-state index is 0.280. The highest BCUT2D eigenvalue weighted by Crippen LogP contribution is 2.31. The highest BCUT2D eigenvalue weighted by molar-refractivity contribution is 7.94. The molecule has 0 heterocycles. The van der Waals surface area contributed by atoms with Gasteiger partial charge in [0.25, 0.3) is 0 Å². The van der Waals surface area contributed by atoms with Crippen LogP contribution < -0.4 is 0 Å². The second-order valence-electron chi connectivity index (χ2n) is 2.65. The van der Waals surface area contributed by atoms with Gasteiger partial charge in [-0.1, -0.05) is 19.8 Å². The van der Waals surface area contributed by atoms with E-state index >= 15 is 0 Å². The Kier molecular flexibility index (Phi) is 2.34.